The highest BCUT2D eigenvalue weighted by Crippen LogP contribution is 2.34. The highest BCUT2D eigenvalue weighted by molar-refractivity contribution is 7.92. The number of thiocarbonyl (C=S) groups is 1. The number of benzene rings is 2. The van der Waals surface area contributed by atoms with Gasteiger partial charge in [0.15, 0.2) is 5.11 Å². The number of thiophene rings is 1. The summed E-state index contributed by atoms with van der Waals surface area (Å²) in [5.41, 5.74) is 2.31. The number of carbonyl (C=O) groups excluding carboxylic acids is 1. The van der Waals surface area contributed by atoms with Crippen LogP contribution in [0.2, 0.25) is 0 Å². The highest BCUT2D eigenvalue weighted by Gasteiger charge is 2.22. The summed E-state index contributed by atoms with van der Waals surface area (Å²) in [6.07, 6.45) is 0.688. The van der Waals surface area contributed by atoms with Crippen molar-refractivity contribution in [2.45, 2.75) is 25.2 Å². The molecule has 34 heavy (non-hydrogen) atoms. The van der Waals surface area contributed by atoms with E-state index in [9.17, 15) is 13.2 Å². The smallest absolute Gasteiger partial charge is 0.341 e. The van der Waals surface area contributed by atoms with Crippen molar-refractivity contribution in [2.75, 3.05) is 29.6 Å². The molecule has 0 fully saturated rings. The topological polar surface area (TPSA) is 106 Å². The van der Waals surface area contributed by atoms with Crippen LogP contribution in [-0.2, 0) is 21.2 Å². The lowest BCUT2D eigenvalue weighted by molar-refractivity contribution is 0.0601. The number of hydrogen-bond donors (Lipinski definition) is 3. The Morgan fingerprint density at radius 1 is 1.06 bits per heavy atom. The number of nitrogens with one attached hydrogen (secondary N) is 3. The molecular formula is C23H25N3O5S3. The minimum Gasteiger partial charge on any atom is -0.495 e. The predicted octanol–water partition coefficient (Wildman–Crippen LogP) is 5.02. The van der Waals surface area contributed by atoms with E-state index in [1.54, 1.807) is 36.4 Å². The van der Waals surface area contributed by atoms with Crippen LogP contribution in [0.3, 0.4) is 0 Å². The molecule has 0 aliphatic heterocycles. The van der Waals surface area contributed by atoms with Crippen molar-refractivity contribution in [1.82, 2.24) is 0 Å². The molecule has 11 heteroatoms. The summed E-state index contributed by atoms with van der Waals surface area (Å²) in [6, 6.07) is 12.9. The zero-order chi connectivity index (χ0) is 24.9. The molecule has 0 unspecified atom stereocenters. The van der Waals surface area contributed by atoms with Crippen molar-refractivity contribution < 1.29 is 22.7 Å². The summed E-state index contributed by atoms with van der Waals surface area (Å²) in [6.45, 7) is 3.91. The molecule has 1 heterocycles. The van der Waals surface area contributed by atoms with Crippen LogP contribution in [0.25, 0.3) is 0 Å². The van der Waals surface area contributed by atoms with Gasteiger partial charge in [0.1, 0.15) is 10.8 Å². The molecule has 1 aromatic heterocycles. The third-order valence-electron chi connectivity index (χ3n) is 4.95. The van der Waals surface area contributed by atoms with E-state index in [4.69, 9.17) is 21.7 Å². The summed E-state index contributed by atoms with van der Waals surface area (Å²) in [5, 5.41) is 6.92. The number of methoxy groups -OCH3 is 2. The van der Waals surface area contributed by atoms with Crippen molar-refractivity contribution in [1.29, 1.82) is 0 Å². The third-order valence-corrected chi connectivity index (χ3v) is 7.60. The first-order valence-electron chi connectivity index (χ1n) is 10.2. The Morgan fingerprint density at radius 2 is 1.74 bits per heavy atom. The Labute approximate surface area is 208 Å². The second-order valence-corrected chi connectivity index (χ2v) is 10.4. The Bertz CT molecular complexity index is 1300. The van der Waals surface area contributed by atoms with Crippen LogP contribution in [0.1, 0.15) is 27.7 Å². The Hall–Kier alpha value is -3.15. The van der Waals surface area contributed by atoms with Gasteiger partial charge in [-0.25, -0.2) is 13.2 Å². The average molecular weight is 520 g/mol. The van der Waals surface area contributed by atoms with Gasteiger partial charge in [0.25, 0.3) is 10.0 Å². The van der Waals surface area contributed by atoms with Gasteiger partial charge in [0.05, 0.1) is 30.4 Å². The van der Waals surface area contributed by atoms with E-state index >= 15 is 0 Å². The van der Waals surface area contributed by atoms with Crippen molar-refractivity contribution >= 4 is 61.0 Å². The van der Waals surface area contributed by atoms with Crippen LogP contribution < -0.4 is 20.1 Å². The monoisotopic (exact) mass is 519 g/mol. The molecule has 3 aromatic rings. The number of carbonyl (C=O) groups is 1. The molecule has 0 saturated carbocycles. The van der Waals surface area contributed by atoms with Crippen LogP contribution >= 0.6 is 23.6 Å². The van der Waals surface area contributed by atoms with Gasteiger partial charge in [-0.2, -0.15) is 0 Å². The van der Waals surface area contributed by atoms with Gasteiger partial charge in [-0.15, -0.1) is 11.3 Å². The number of rotatable bonds is 8. The molecule has 0 saturated heterocycles. The first-order chi connectivity index (χ1) is 16.2. The second kappa shape index (κ2) is 10.9. The van der Waals surface area contributed by atoms with Gasteiger partial charge in [0.2, 0.25) is 0 Å². The number of esters is 1. The number of sulfonamides is 1. The molecule has 0 spiro atoms. The molecule has 8 nitrogen and oxygen atoms in total. The molecule has 180 valence electrons. The fraction of sp³-hybridized carbons (Fsp3) is 0.217. The van der Waals surface area contributed by atoms with Gasteiger partial charge in [-0.3, -0.25) is 4.72 Å². The van der Waals surface area contributed by atoms with E-state index in [2.05, 4.69) is 15.4 Å². The maximum Gasteiger partial charge on any atom is 0.341 e. The molecule has 0 amide bonds. The van der Waals surface area contributed by atoms with E-state index in [-0.39, 0.29) is 10.0 Å². The standard InChI is InChI=1S/C23H25N3O5S3/c1-5-17-14(2)33-21(20(17)22(27)31-4)25-23(32)24-15-10-12-16(13-11-15)34(28,29)26-18-8-6-7-9-19(18)30-3/h6-13,26H,5H2,1-4H3,(H2,24,25,32). The summed E-state index contributed by atoms with van der Waals surface area (Å²) < 4.78 is 38.2. The summed E-state index contributed by atoms with van der Waals surface area (Å²) in [5.74, 6) is -0.00856. The molecule has 0 aliphatic carbocycles. The lowest BCUT2D eigenvalue weighted by atomic mass is 10.1. The second-order valence-electron chi connectivity index (χ2n) is 7.10. The van der Waals surface area contributed by atoms with Crippen molar-refractivity contribution in [3.8, 4) is 5.75 Å². The van der Waals surface area contributed by atoms with Gasteiger partial charge < -0.3 is 20.1 Å². The summed E-state index contributed by atoms with van der Waals surface area (Å²) in [4.78, 5) is 13.4. The molecular weight excluding hydrogens is 494 g/mol. The number of hydrogen-bond acceptors (Lipinski definition) is 7. The SMILES string of the molecule is CCc1c(C)sc(NC(=S)Nc2ccc(S(=O)(=O)Nc3ccccc3OC)cc2)c1C(=O)OC. The largest absolute Gasteiger partial charge is 0.495 e. The molecule has 0 aliphatic rings. The number of ether oxygens (including phenoxy) is 2. The van der Waals surface area contributed by atoms with Gasteiger partial charge in [-0.05, 0) is 67.5 Å². The normalized spacial score (nSPS) is 10.9. The van der Waals surface area contributed by atoms with Gasteiger partial charge >= 0.3 is 5.97 Å². The Kier molecular flexibility index (Phi) is 8.13. The van der Waals surface area contributed by atoms with Gasteiger partial charge in [-0.1, -0.05) is 19.1 Å². The predicted molar refractivity (Wildman–Crippen MR) is 140 cm³/mol. The Balaban J connectivity index is 1.73. The van der Waals surface area contributed by atoms with Crippen LogP contribution in [0, 0.1) is 6.92 Å². The first kappa shape index (κ1) is 25.5. The van der Waals surface area contributed by atoms with Crippen molar-refractivity contribution in [3.63, 3.8) is 0 Å². The van der Waals surface area contributed by atoms with Crippen LogP contribution in [0.15, 0.2) is 53.4 Å². The van der Waals surface area contributed by atoms with Gasteiger partial charge in [0, 0.05) is 10.6 Å². The van der Waals surface area contributed by atoms with E-state index in [0.717, 1.165) is 10.4 Å². The minimum atomic E-state index is -3.82. The molecule has 2 aromatic carbocycles. The van der Waals surface area contributed by atoms with E-state index < -0.39 is 16.0 Å². The van der Waals surface area contributed by atoms with Crippen molar-refractivity contribution in [2.24, 2.45) is 0 Å². The molecule has 3 N–H and O–H groups in total. The number of aryl methyl sites for hydroxylation is 1. The van der Waals surface area contributed by atoms with E-state index in [0.29, 0.717) is 34.1 Å². The number of para-hydroxylation sites is 2. The molecule has 0 atom stereocenters. The van der Waals surface area contributed by atoms with E-state index in [1.165, 1.54) is 37.7 Å². The third kappa shape index (κ3) is 5.66. The van der Waals surface area contributed by atoms with E-state index in [1.807, 2.05) is 13.8 Å². The van der Waals surface area contributed by atoms with Crippen LogP contribution in [0.4, 0.5) is 16.4 Å². The highest BCUT2D eigenvalue weighted by atomic mass is 32.2. The van der Waals surface area contributed by atoms with Crippen LogP contribution in [-0.4, -0.2) is 33.7 Å². The maximum absolute atomic E-state index is 12.8. The summed E-state index contributed by atoms with van der Waals surface area (Å²) in [7, 11) is -1.01. The molecule has 0 bridgehead atoms. The minimum absolute atomic E-state index is 0.0808. The number of anilines is 3. The zero-order valence-corrected chi connectivity index (χ0v) is 21.5. The summed E-state index contributed by atoms with van der Waals surface area (Å²) >= 11 is 6.82. The lowest BCUT2D eigenvalue weighted by Crippen LogP contribution is -2.20. The fourth-order valence-electron chi connectivity index (χ4n) is 3.33. The Morgan fingerprint density at radius 3 is 2.35 bits per heavy atom. The molecule has 0 radical (unpaired) electrons. The quantitative estimate of drug-likeness (QED) is 0.281. The van der Waals surface area contributed by atoms with Crippen LogP contribution in [0.5, 0.6) is 5.75 Å². The lowest BCUT2D eigenvalue weighted by Gasteiger charge is -2.13. The first-order valence-corrected chi connectivity index (χ1v) is 13.0. The maximum atomic E-state index is 12.8. The fourth-order valence-corrected chi connectivity index (χ4v) is 5.82. The average Bonchev–Trinajstić information content (AvgIpc) is 3.13. The van der Waals surface area contributed by atoms with Crippen molar-refractivity contribution in [3.05, 3.63) is 64.5 Å². The molecule has 3 rings (SSSR count). The zero-order valence-electron chi connectivity index (χ0n) is 19.1.